The Balaban J connectivity index is 0.00000210. The summed E-state index contributed by atoms with van der Waals surface area (Å²) in [7, 11) is 0. The van der Waals surface area contributed by atoms with Gasteiger partial charge in [-0.15, -0.1) is 17.5 Å². The Kier molecular flexibility index (Phi) is 5.74. The van der Waals surface area contributed by atoms with Crippen molar-refractivity contribution in [3.05, 3.63) is 29.0 Å². The molecule has 2 aromatic rings. The van der Waals surface area contributed by atoms with E-state index in [0.717, 1.165) is 44.3 Å². The van der Waals surface area contributed by atoms with Gasteiger partial charge < -0.3 is 11.1 Å². The van der Waals surface area contributed by atoms with Crippen molar-refractivity contribution in [2.24, 2.45) is 11.7 Å². The second-order valence-electron chi connectivity index (χ2n) is 7.68. The van der Waals surface area contributed by atoms with Gasteiger partial charge in [-0.05, 0) is 61.2 Å². The lowest BCUT2D eigenvalue weighted by molar-refractivity contribution is -0.122. The fraction of sp³-hybridized carbons (Fsp3) is 0.556. The number of carbonyl (C=O) groups is 1. The third kappa shape index (κ3) is 4.10. The molecule has 1 amide bonds. The van der Waals surface area contributed by atoms with Crippen LogP contribution in [0.2, 0.25) is 5.02 Å². The minimum absolute atomic E-state index is 0. The minimum Gasteiger partial charge on any atom is -0.326 e. The Bertz CT molecular complexity index is 833. The largest absolute Gasteiger partial charge is 0.326 e. The van der Waals surface area contributed by atoms with Gasteiger partial charge in [-0.2, -0.15) is 4.68 Å². The van der Waals surface area contributed by atoms with E-state index in [1.807, 2.05) is 13.0 Å². The second kappa shape index (κ2) is 7.73. The van der Waals surface area contributed by atoms with Crippen molar-refractivity contribution in [1.82, 2.24) is 20.2 Å². The molecule has 7 nitrogen and oxygen atoms in total. The van der Waals surface area contributed by atoms with E-state index < -0.39 is 5.54 Å². The number of tetrazole rings is 1. The normalized spacial score (nSPS) is 24.9. The number of hydrogen-bond donors (Lipinski definition) is 2. The molecule has 1 aromatic carbocycles. The number of nitrogens with two attached hydrogens (primary N) is 1. The summed E-state index contributed by atoms with van der Waals surface area (Å²) in [5, 5.41) is 15.5. The first-order valence-corrected chi connectivity index (χ1v) is 9.51. The average Bonchev–Trinajstić information content (AvgIpc) is 3.33. The summed E-state index contributed by atoms with van der Waals surface area (Å²) >= 11 is 6.37. The van der Waals surface area contributed by atoms with Crippen LogP contribution in [0.25, 0.3) is 5.69 Å². The topological polar surface area (TPSA) is 98.7 Å². The van der Waals surface area contributed by atoms with Crippen molar-refractivity contribution >= 4 is 35.6 Å². The zero-order chi connectivity index (χ0) is 18.3. The van der Waals surface area contributed by atoms with Crippen LogP contribution in [-0.4, -0.2) is 31.7 Å². The lowest BCUT2D eigenvalue weighted by Crippen LogP contribution is -2.51. The highest BCUT2D eigenvalue weighted by molar-refractivity contribution is 6.32. The molecule has 0 aliphatic heterocycles. The number of carbonyl (C=O) groups excluding carboxylic acids is 1. The predicted octanol–water partition coefficient (Wildman–Crippen LogP) is 3.46. The fourth-order valence-corrected chi connectivity index (χ4v) is 3.93. The maximum atomic E-state index is 12.8. The van der Waals surface area contributed by atoms with Gasteiger partial charge in [-0.3, -0.25) is 4.79 Å². The van der Waals surface area contributed by atoms with E-state index in [2.05, 4.69) is 20.8 Å². The number of amides is 1. The first-order valence-electron chi connectivity index (χ1n) is 9.13. The van der Waals surface area contributed by atoms with E-state index in [1.54, 1.807) is 16.8 Å². The molecule has 146 valence electrons. The van der Waals surface area contributed by atoms with E-state index in [9.17, 15) is 4.79 Å². The minimum atomic E-state index is -0.466. The third-order valence-corrected chi connectivity index (χ3v) is 5.77. The van der Waals surface area contributed by atoms with Crippen molar-refractivity contribution < 1.29 is 4.79 Å². The van der Waals surface area contributed by atoms with E-state index in [-0.39, 0.29) is 24.2 Å². The van der Waals surface area contributed by atoms with Gasteiger partial charge in [0.2, 0.25) is 5.91 Å². The van der Waals surface area contributed by atoms with Crippen molar-refractivity contribution in [3.63, 3.8) is 0 Å². The Morgan fingerprint density at radius 1 is 1.33 bits per heavy atom. The molecule has 2 aliphatic carbocycles. The molecule has 2 aliphatic rings. The molecule has 1 heterocycles. The Morgan fingerprint density at radius 3 is 2.81 bits per heavy atom. The molecule has 0 saturated heterocycles. The standard InChI is InChI=1S/C18H23ClN6O.ClH/c1-18(20)9-3-2-4-13(18)17(26)21-12-7-8-14(19)15(10-12)25-16(11-5-6-11)22-23-24-25;/h7-8,10-11,13H,2-6,9,20H2,1H3,(H,21,26);1H. The number of nitrogens with one attached hydrogen (secondary N) is 1. The molecule has 0 bridgehead atoms. The maximum absolute atomic E-state index is 12.8. The van der Waals surface area contributed by atoms with Gasteiger partial charge in [-0.25, -0.2) is 0 Å². The second-order valence-corrected chi connectivity index (χ2v) is 8.09. The van der Waals surface area contributed by atoms with Gasteiger partial charge in [0.1, 0.15) is 0 Å². The van der Waals surface area contributed by atoms with E-state index in [0.29, 0.717) is 22.3 Å². The maximum Gasteiger partial charge on any atom is 0.229 e. The number of hydrogen-bond acceptors (Lipinski definition) is 5. The summed E-state index contributed by atoms with van der Waals surface area (Å²) in [5.74, 6) is 0.976. The fourth-order valence-electron chi connectivity index (χ4n) is 3.73. The van der Waals surface area contributed by atoms with Crippen molar-refractivity contribution in [2.45, 2.75) is 56.9 Å². The van der Waals surface area contributed by atoms with Crippen molar-refractivity contribution in [2.75, 3.05) is 5.32 Å². The van der Waals surface area contributed by atoms with E-state index in [4.69, 9.17) is 17.3 Å². The molecule has 2 fully saturated rings. The highest BCUT2D eigenvalue weighted by Crippen LogP contribution is 2.40. The molecular formula is C18H24Cl2N6O. The van der Waals surface area contributed by atoms with Crippen LogP contribution in [0.5, 0.6) is 0 Å². The summed E-state index contributed by atoms with van der Waals surface area (Å²) in [6.07, 6.45) is 5.97. The first kappa shape index (κ1) is 20.0. The van der Waals surface area contributed by atoms with Crippen LogP contribution in [0.3, 0.4) is 0 Å². The number of aromatic nitrogens is 4. The molecule has 3 N–H and O–H groups in total. The molecule has 2 saturated carbocycles. The molecule has 2 atom stereocenters. The molecular weight excluding hydrogens is 387 g/mol. The van der Waals surface area contributed by atoms with Crippen LogP contribution in [0, 0.1) is 5.92 Å². The zero-order valence-corrected chi connectivity index (χ0v) is 16.8. The summed E-state index contributed by atoms with van der Waals surface area (Å²) in [5.41, 5.74) is 7.24. The number of anilines is 1. The van der Waals surface area contributed by atoms with Crippen LogP contribution in [0.1, 0.15) is 57.2 Å². The van der Waals surface area contributed by atoms with Gasteiger partial charge in [0, 0.05) is 17.1 Å². The number of halogens is 2. The van der Waals surface area contributed by atoms with Gasteiger partial charge in [0.05, 0.1) is 16.6 Å². The number of rotatable bonds is 4. The number of benzene rings is 1. The Morgan fingerprint density at radius 2 is 2.11 bits per heavy atom. The summed E-state index contributed by atoms with van der Waals surface area (Å²) in [6.45, 7) is 1.96. The first-order chi connectivity index (χ1) is 12.5. The van der Waals surface area contributed by atoms with Crippen molar-refractivity contribution in [1.29, 1.82) is 0 Å². The lowest BCUT2D eigenvalue weighted by atomic mass is 9.74. The SMILES string of the molecule is CC1(N)CCCCC1C(=O)Nc1ccc(Cl)c(-n2nnnc2C2CC2)c1.Cl. The van der Waals surface area contributed by atoms with Crippen LogP contribution >= 0.6 is 24.0 Å². The molecule has 27 heavy (non-hydrogen) atoms. The number of nitrogens with zero attached hydrogens (tertiary/aromatic N) is 4. The quantitative estimate of drug-likeness (QED) is 0.803. The van der Waals surface area contributed by atoms with Crippen LogP contribution < -0.4 is 11.1 Å². The summed E-state index contributed by atoms with van der Waals surface area (Å²) in [4.78, 5) is 12.8. The molecule has 0 radical (unpaired) electrons. The highest BCUT2D eigenvalue weighted by Gasteiger charge is 2.38. The smallest absolute Gasteiger partial charge is 0.229 e. The van der Waals surface area contributed by atoms with Gasteiger partial charge in [0.15, 0.2) is 5.82 Å². The predicted molar refractivity (Wildman–Crippen MR) is 107 cm³/mol. The third-order valence-electron chi connectivity index (χ3n) is 5.45. The average molecular weight is 411 g/mol. The van der Waals surface area contributed by atoms with E-state index in [1.165, 1.54) is 0 Å². The zero-order valence-electron chi connectivity index (χ0n) is 15.2. The monoisotopic (exact) mass is 410 g/mol. The van der Waals surface area contributed by atoms with Gasteiger partial charge >= 0.3 is 0 Å². The lowest BCUT2D eigenvalue weighted by Gasteiger charge is -2.37. The van der Waals surface area contributed by atoms with Gasteiger partial charge in [0.25, 0.3) is 0 Å². The molecule has 0 spiro atoms. The Labute approximate surface area is 169 Å². The molecule has 4 rings (SSSR count). The van der Waals surface area contributed by atoms with Crippen molar-refractivity contribution in [3.8, 4) is 5.69 Å². The summed E-state index contributed by atoms with van der Waals surface area (Å²) < 4.78 is 1.67. The van der Waals surface area contributed by atoms with Crippen LogP contribution in [0.4, 0.5) is 5.69 Å². The van der Waals surface area contributed by atoms with Crippen LogP contribution in [0.15, 0.2) is 18.2 Å². The van der Waals surface area contributed by atoms with Gasteiger partial charge in [-0.1, -0.05) is 24.4 Å². The summed E-state index contributed by atoms with van der Waals surface area (Å²) in [6, 6.07) is 5.37. The molecule has 9 heteroatoms. The van der Waals surface area contributed by atoms with E-state index >= 15 is 0 Å². The molecule has 1 aromatic heterocycles. The van der Waals surface area contributed by atoms with Crippen LogP contribution in [-0.2, 0) is 4.79 Å². The highest BCUT2D eigenvalue weighted by atomic mass is 35.5. The Hall–Kier alpha value is -1.70. The molecule has 2 unspecified atom stereocenters.